The van der Waals surface area contributed by atoms with Crippen LogP contribution in [0.2, 0.25) is 5.02 Å². The smallest absolute Gasteiger partial charge is 0.289 e. The van der Waals surface area contributed by atoms with Crippen molar-refractivity contribution in [2.45, 2.75) is 12.6 Å². The highest BCUT2D eigenvalue weighted by atomic mass is 35.5. The summed E-state index contributed by atoms with van der Waals surface area (Å²) in [6.45, 7) is 3.10. The molecule has 9 heteroatoms. The number of amides is 1. The minimum absolute atomic E-state index is 0.0865. The third-order valence-corrected chi connectivity index (χ3v) is 6.12. The number of carbonyl (C=O) groups excluding carboxylic acids is 1. The molecule has 1 saturated heterocycles. The van der Waals surface area contributed by atoms with Gasteiger partial charge in [0.1, 0.15) is 0 Å². The van der Waals surface area contributed by atoms with Gasteiger partial charge in [-0.25, -0.2) is 4.68 Å². The second-order valence-electron chi connectivity index (χ2n) is 7.94. The maximum atomic E-state index is 12.7. The molecule has 168 valence electrons. The largest absolute Gasteiger partial charge is 0.459 e. The lowest BCUT2D eigenvalue weighted by Gasteiger charge is -2.38. The van der Waals surface area contributed by atoms with E-state index in [-0.39, 0.29) is 11.9 Å². The van der Waals surface area contributed by atoms with E-state index in [2.05, 4.69) is 32.6 Å². The molecule has 1 aliphatic heterocycles. The molecule has 0 bridgehead atoms. The zero-order valence-corrected chi connectivity index (χ0v) is 18.7. The molecule has 0 saturated carbocycles. The van der Waals surface area contributed by atoms with Crippen molar-refractivity contribution < 1.29 is 9.21 Å². The Bertz CT molecular complexity index is 1190. The van der Waals surface area contributed by atoms with Gasteiger partial charge in [-0.3, -0.25) is 9.69 Å². The first kappa shape index (κ1) is 21.4. The van der Waals surface area contributed by atoms with Crippen LogP contribution in [0.25, 0.3) is 0 Å². The summed E-state index contributed by atoms with van der Waals surface area (Å²) in [6, 6.07) is 21.2. The molecule has 5 rings (SSSR count). The van der Waals surface area contributed by atoms with Crippen LogP contribution in [0.5, 0.6) is 0 Å². The molecule has 4 aromatic rings. The molecule has 3 heterocycles. The molecule has 2 aromatic heterocycles. The Morgan fingerprint density at radius 2 is 1.73 bits per heavy atom. The summed E-state index contributed by atoms with van der Waals surface area (Å²) in [6.07, 6.45) is 1.52. The number of benzene rings is 2. The summed E-state index contributed by atoms with van der Waals surface area (Å²) < 4.78 is 7.13. The van der Waals surface area contributed by atoms with Crippen LogP contribution in [0.15, 0.2) is 77.4 Å². The van der Waals surface area contributed by atoms with Crippen LogP contribution in [-0.2, 0) is 6.54 Å². The highest BCUT2D eigenvalue weighted by molar-refractivity contribution is 6.30. The number of tetrazole rings is 1. The molecule has 1 aliphatic rings. The highest BCUT2D eigenvalue weighted by Crippen LogP contribution is 2.29. The Kier molecular flexibility index (Phi) is 6.19. The van der Waals surface area contributed by atoms with Crippen molar-refractivity contribution in [3.63, 3.8) is 0 Å². The summed E-state index contributed by atoms with van der Waals surface area (Å²) in [5.41, 5.74) is 2.17. The Morgan fingerprint density at radius 1 is 0.970 bits per heavy atom. The van der Waals surface area contributed by atoms with E-state index in [9.17, 15) is 4.79 Å². The molecule has 1 fully saturated rings. The van der Waals surface area contributed by atoms with Crippen molar-refractivity contribution in [3.05, 3.63) is 101 Å². The fourth-order valence-corrected chi connectivity index (χ4v) is 4.31. The number of aromatic nitrogens is 4. The predicted octanol–water partition coefficient (Wildman–Crippen LogP) is 3.52. The zero-order valence-electron chi connectivity index (χ0n) is 17.9. The predicted molar refractivity (Wildman–Crippen MR) is 123 cm³/mol. The molecule has 0 N–H and O–H groups in total. The molecule has 1 amide bonds. The number of carbonyl (C=O) groups is 1. The number of hydrogen-bond acceptors (Lipinski definition) is 6. The fourth-order valence-electron chi connectivity index (χ4n) is 4.18. The highest BCUT2D eigenvalue weighted by Gasteiger charge is 2.32. The Labute approximate surface area is 196 Å². The lowest BCUT2D eigenvalue weighted by Crippen LogP contribution is -2.50. The molecule has 0 spiro atoms. The van der Waals surface area contributed by atoms with E-state index >= 15 is 0 Å². The molecule has 0 radical (unpaired) electrons. The van der Waals surface area contributed by atoms with Gasteiger partial charge < -0.3 is 9.32 Å². The third-order valence-electron chi connectivity index (χ3n) is 5.86. The molecule has 2 aromatic carbocycles. The monoisotopic (exact) mass is 462 g/mol. The summed E-state index contributed by atoms with van der Waals surface area (Å²) in [5, 5.41) is 13.3. The average molecular weight is 463 g/mol. The lowest BCUT2D eigenvalue weighted by molar-refractivity contribution is 0.0559. The Balaban J connectivity index is 1.41. The first-order chi connectivity index (χ1) is 16.2. The van der Waals surface area contributed by atoms with Crippen molar-refractivity contribution in [3.8, 4) is 0 Å². The van der Waals surface area contributed by atoms with Crippen molar-refractivity contribution >= 4 is 17.5 Å². The fraction of sp³-hybridized carbons (Fsp3) is 0.250. The summed E-state index contributed by atoms with van der Waals surface area (Å²) in [7, 11) is 0. The van der Waals surface area contributed by atoms with E-state index in [0.29, 0.717) is 43.5 Å². The number of halogens is 1. The maximum absolute atomic E-state index is 12.7. The first-order valence-corrected chi connectivity index (χ1v) is 11.2. The maximum Gasteiger partial charge on any atom is 0.289 e. The van der Waals surface area contributed by atoms with Crippen LogP contribution in [0.1, 0.15) is 33.5 Å². The van der Waals surface area contributed by atoms with E-state index in [0.717, 1.165) is 17.0 Å². The molecule has 8 nitrogen and oxygen atoms in total. The molecule has 0 unspecified atom stereocenters. The standard InChI is InChI=1S/C24H23ClN6O2/c25-20-10-8-19(9-11-20)22(23-26-27-28-31(23)17-18-5-2-1-3-6-18)29-12-14-30(15-13-29)24(32)21-7-4-16-33-21/h1-11,16,22H,12-15,17H2/t22-/m1/s1. The van der Waals surface area contributed by atoms with Crippen molar-refractivity contribution in [2.24, 2.45) is 0 Å². The topological polar surface area (TPSA) is 80.3 Å². The molecular weight excluding hydrogens is 440 g/mol. The third kappa shape index (κ3) is 4.67. The number of hydrogen-bond donors (Lipinski definition) is 0. The summed E-state index contributed by atoms with van der Waals surface area (Å²) in [5.74, 6) is 1.04. The number of furan rings is 1. The molecule has 0 aliphatic carbocycles. The zero-order chi connectivity index (χ0) is 22.6. The quantitative estimate of drug-likeness (QED) is 0.436. The van der Waals surface area contributed by atoms with Crippen LogP contribution < -0.4 is 0 Å². The van der Waals surface area contributed by atoms with Crippen LogP contribution in [-0.4, -0.2) is 62.1 Å². The van der Waals surface area contributed by atoms with E-state index in [1.54, 1.807) is 12.1 Å². The average Bonchev–Trinajstić information content (AvgIpc) is 3.54. The van der Waals surface area contributed by atoms with Gasteiger partial charge in [0.2, 0.25) is 0 Å². The number of nitrogens with zero attached hydrogens (tertiary/aromatic N) is 6. The molecule has 33 heavy (non-hydrogen) atoms. The van der Waals surface area contributed by atoms with E-state index in [1.807, 2.05) is 52.0 Å². The minimum Gasteiger partial charge on any atom is -0.459 e. The van der Waals surface area contributed by atoms with Gasteiger partial charge in [-0.2, -0.15) is 0 Å². The van der Waals surface area contributed by atoms with Crippen molar-refractivity contribution in [2.75, 3.05) is 26.2 Å². The van der Waals surface area contributed by atoms with Gasteiger partial charge in [-0.1, -0.05) is 54.1 Å². The second-order valence-corrected chi connectivity index (χ2v) is 8.38. The number of piperazine rings is 1. The van der Waals surface area contributed by atoms with E-state index in [4.69, 9.17) is 16.0 Å². The van der Waals surface area contributed by atoms with E-state index in [1.165, 1.54) is 6.26 Å². The Hall–Kier alpha value is -3.49. The normalized spacial score (nSPS) is 15.5. The van der Waals surface area contributed by atoms with Crippen LogP contribution >= 0.6 is 11.6 Å². The molecule has 1 atom stereocenters. The van der Waals surface area contributed by atoms with Gasteiger partial charge in [-0.05, 0) is 45.8 Å². The Morgan fingerprint density at radius 3 is 2.42 bits per heavy atom. The second kappa shape index (κ2) is 9.56. The lowest BCUT2D eigenvalue weighted by atomic mass is 10.0. The van der Waals surface area contributed by atoms with Gasteiger partial charge in [-0.15, -0.1) is 5.10 Å². The van der Waals surface area contributed by atoms with Gasteiger partial charge in [0.25, 0.3) is 5.91 Å². The van der Waals surface area contributed by atoms with Crippen LogP contribution in [0.4, 0.5) is 0 Å². The summed E-state index contributed by atoms with van der Waals surface area (Å²) >= 11 is 6.16. The van der Waals surface area contributed by atoms with Crippen molar-refractivity contribution in [1.82, 2.24) is 30.0 Å². The van der Waals surface area contributed by atoms with Crippen LogP contribution in [0.3, 0.4) is 0 Å². The van der Waals surface area contributed by atoms with E-state index < -0.39 is 0 Å². The molecular formula is C24H23ClN6O2. The van der Waals surface area contributed by atoms with Gasteiger partial charge in [0.15, 0.2) is 11.6 Å². The SMILES string of the molecule is O=C(c1ccco1)N1CCN([C@H](c2ccc(Cl)cc2)c2nnnn2Cc2ccccc2)CC1. The van der Waals surface area contributed by atoms with Crippen LogP contribution in [0, 0.1) is 0 Å². The number of rotatable bonds is 6. The van der Waals surface area contributed by atoms with Gasteiger partial charge >= 0.3 is 0 Å². The van der Waals surface area contributed by atoms with Gasteiger partial charge in [0, 0.05) is 31.2 Å². The first-order valence-electron chi connectivity index (χ1n) is 10.8. The summed E-state index contributed by atoms with van der Waals surface area (Å²) in [4.78, 5) is 16.8. The van der Waals surface area contributed by atoms with Gasteiger partial charge in [0.05, 0.1) is 18.8 Å². The van der Waals surface area contributed by atoms with Crippen molar-refractivity contribution in [1.29, 1.82) is 0 Å². The minimum atomic E-state index is -0.165.